The second kappa shape index (κ2) is 9.96. The van der Waals surface area contributed by atoms with Gasteiger partial charge in [-0.05, 0) is 36.6 Å². The van der Waals surface area contributed by atoms with E-state index in [1.165, 1.54) is 10.5 Å². The van der Waals surface area contributed by atoms with Gasteiger partial charge in [-0.2, -0.15) is 18.4 Å². The van der Waals surface area contributed by atoms with Gasteiger partial charge < -0.3 is 15.1 Å². The van der Waals surface area contributed by atoms with Gasteiger partial charge in [-0.15, -0.1) is 0 Å². The van der Waals surface area contributed by atoms with Gasteiger partial charge in [0.1, 0.15) is 18.6 Å². The third kappa shape index (κ3) is 5.57. The highest BCUT2D eigenvalue weighted by Crippen LogP contribution is 2.40. The normalized spacial score (nSPS) is 18.1. The van der Waals surface area contributed by atoms with Crippen LogP contribution < -0.4 is 10.2 Å². The number of alkyl halides is 3. The Hall–Kier alpha value is -3.58. The molecule has 35 heavy (non-hydrogen) atoms. The lowest BCUT2D eigenvalue weighted by Crippen LogP contribution is -2.56. The summed E-state index contributed by atoms with van der Waals surface area (Å²) < 4.78 is 37.5. The Labute approximate surface area is 201 Å². The molecule has 2 fully saturated rings. The zero-order valence-corrected chi connectivity index (χ0v) is 19.1. The van der Waals surface area contributed by atoms with Crippen molar-refractivity contribution >= 4 is 17.5 Å². The number of nitrogens with one attached hydrogen (secondary N) is 1. The van der Waals surface area contributed by atoms with Crippen molar-refractivity contribution in [1.29, 1.82) is 5.26 Å². The van der Waals surface area contributed by atoms with Crippen molar-refractivity contribution in [2.24, 2.45) is 0 Å². The van der Waals surface area contributed by atoms with E-state index in [1.54, 1.807) is 24.3 Å². The van der Waals surface area contributed by atoms with Crippen molar-refractivity contribution in [2.75, 3.05) is 37.7 Å². The first-order chi connectivity index (χ1) is 16.7. The highest BCUT2D eigenvalue weighted by molar-refractivity contribution is 5.96. The van der Waals surface area contributed by atoms with Crippen LogP contribution in [0.1, 0.15) is 24.0 Å². The van der Waals surface area contributed by atoms with Crippen LogP contribution in [0.5, 0.6) is 0 Å². The zero-order chi connectivity index (χ0) is 25.1. The highest BCUT2D eigenvalue weighted by Gasteiger charge is 2.54. The molecule has 2 aliphatic rings. The summed E-state index contributed by atoms with van der Waals surface area (Å²) in [6.45, 7) is 0.191. The number of hydrogen-bond donors (Lipinski definition) is 1. The Bertz CT molecular complexity index is 1110. The molecular formula is C25H26F3N5O2. The Morgan fingerprint density at radius 1 is 1.09 bits per heavy atom. The molecule has 2 aliphatic heterocycles. The number of benzene rings is 2. The summed E-state index contributed by atoms with van der Waals surface area (Å²) in [6.07, 6.45) is -3.53. The van der Waals surface area contributed by atoms with Crippen LogP contribution in [0.4, 0.5) is 18.9 Å². The second-order valence-corrected chi connectivity index (χ2v) is 8.92. The van der Waals surface area contributed by atoms with E-state index in [0.29, 0.717) is 37.2 Å². The van der Waals surface area contributed by atoms with Gasteiger partial charge in [-0.3, -0.25) is 14.5 Å². The van der Waals surface area contributed by atoms with Crippen molar-refractivity contribution in [1.82, 2.24) is 15.1 Å². The lowest BCUT2D eigenvalue weighted by Gasteiger charge is -2.43. The third-order valence-corrected chi connectivity index (χ3v) is 6.55. The van der Waals surface area contributed by atoms with Crippen molar-refractivity contribution in [3.8, 4) is 6.07 Å². The zero-order valence-electron chi connectivity index (χ0n) is 19.1. The molecule has 1 N–H and O–H groups in total. The fourth-order valence-electron chi connectivity index (χ4n) is 4.81. The largest absolute Gasteiger partial charge is 0.405 e. The summed E-state index contributed by atoms with van der Waals surface area (Å²) in [4.78, 5) is 31.3. The Morgan fingerprint density at radius 2 is 1.80 bits per heavy atom. The highest BCUT2D eigenvalue weighted by atomic mass is 19.4. The minimum Gasteiger partial charge on any atom is -0.345 e. The summed E-state index contributed by atoms with van der Waals surface area (Å²) in [6, 6.07) is 19.0. The first-order valence-corrected chi connectivity index (χ1v) is 11.4. The first-order valence-electron chi connectivity index (χ1n) is 11.4. The average Bonchev–Trinajstić information content (AvgIpc) is 3.10. The van der Waals surface area contributed by atoms with Crippen molar-refractivity contribution in [3.05, 3.63) is 65.7 Å². The van der Waals surface area contributed by atoms with E-state index in [0.717, 1.165) is 6.54 Å². The maximum absolute atomic E-state index is 13.6. The summed E-state index contributed by atoms with van der Waals surface area (Å²) in [5.41, 5.74) is 1.36. The van der Waals surface area contributed by atoms with Gasteiger partial charge in [0.25, 0.3) is 0 Å². The van der Waals surface area contributed by atoms with Crippen molar-refractivity contribution < 1.29 is 22.8 Å². The van der Waals surface area contributed by atoms with Gasteiger partial charge in [-0.1, -0.05) is 36.4 Å². The number of piperidine rings is 1. The molecule has 0 saturated carbocycles. The Morgan fingerprint density at radius 3 is 2.46 bits per heavy atom. The van der Waals surface area contributed by atoms with Crippen LogP contribution >= 0.6 is 0 Å². The molecule has 2 aromatic carbocycles. The number of rotatable bonds is 6. The molecule has 184 valence electrons. The summed E-state index contributed by atoms with van der Waals surface area (Å²) in [7, 11) is 0. The molecule has 1 spiro atoms. The molecule has 0 atom stereocenters. The van der Waals surface area contributed by atoms with Crippen LogP contribution in [-0.2, 0) is 16.1 Å². The first kappa shape index (κ1) is 24.5. The van der Waals surface area contributed by atoms with Crippen LogP contribution in [0, 0.1) is 11.3 Å². The minimum atomic E-state index is -4.53. The molecule has 0 aliphatic carbocycles. The average molecular weight is 486 g/mol. The number of hydrogen-bond acceptors (Lipinski definition) is 5. The number of halogens is 3. The maximum atomic E-state index is 13.6. The SMILES string of the molecule is N#Cc1cccc(N2CN(CC(=O)NCC(F)(F)F)C(=O)C23CCN(Cc2ccccc2)CC3)c1. The lowest BCUT2D eigenvalue weighted by molar-refractivity contribution is -0.142. The Balaban J connectivity index is 1.53. The molecular weight excluding hydrogens is 459 g/mol. The van der Waals surface area contributed by atoms with Crippen LogP contribution in [0.25, 0.3) is 0 Å². The van der Waals surface area contributed by atoms with Gasteiger partial charge in [0, 0.05) is 25.3 Å². The van der Waals surface area contributed by atoms with Gasteiger partial charge in [-0.25, -0.2) is 0 Å². The van der Waals surface area contributed by atoms with Crippen LogP contribution in [0.2, 0.25) is 0 Å². The molecule has 7 nitrogen and oxygen atoms in total. The molecule has 0 aromatic heterocycles. The van der Waals surface area contributed by atoms with E-state index >= 15 is 0 Å². The lowest BCUT2D eigenvalue weighted by atomic mass is 9.85. The van der Waals surface area contributed by atoms with E-state index < -0.39 is 30.7 Å². The standard InChI is InChI=1S/C25H26F3N5O2/c26-25(27,28)17-30-22(34)16-32-18-33(21-8-4-7-20(13-21)14-29)24(23(32)35)9-11-31(12-10-24)15-19-5-2-1-3-6-19/h1-8,13H,9-12,15-18H2,(H,30,34). The molecule has 10 heteroatoms. The quantitative estimate of drug-likeness (QED) is 0.681. The van der Waals surface area contributed by atoms with Gasteiger partial charge in [0.15, 0.2) is 0 Å². The van der Waals surface area contributed by atoms with E-state index in [2.05, 4.69) is 11.0 Å². The fraction of sp³-hybridized carbons (Fsp3) is 0.400. The number of amides is 2. The smallest absolute Gasteiger partial charge is 0.345 e. The number of likely N-dealkylation sites (tertiary alicyclic amines) is 1. The molecule has 2 heterocycles. The van der Waals surface area contributed by atoms with E-state index in [1.807, 2.05) is 40.5 Å². The Kier molecular flexibility index (Phi) is 6.98. The van der Waals surface area contributed by atoms with Crippen LogP contribution in [-0.4, -0.2) is 66.2 Å². The molecule has 2 saturated heterocycles. The van der Waals surface area contributed by atoms with Crippen LogP contribution in [0.15, 0.2) is 54.6 Å². The van der Waals surface area contributed by atoms with E-state index in [-0.39, 0.29) is 12.6 Å². The number of anilines is 1. The van der Waals surface area contributed by atoms with Gasteiger partial charge in [0.05, 0.1) is 18.3 Å². The van der Waals surface area contributed by atoms with Crippen molar-refractivity contribution in [2.45, 2.75) is 31.1 Å². The monoisotopic (exact) mass is 485 g/mol. The molecule has 2 aromatic rings. The topological polar surface area (TPSA) is 79.7 Å². The van der Waals surface area contributed by atoms with Gasteiger partial charge >= 0.3 is 6.18 Å². The molecule has 0 unspecified atom stereocenters. The predicted octanol–water partition coefficient (Wildman–Crippen LogP) is 2.88. The fourth-order valence-corrected chi connectivity index (χ4v) is 4.81. The minimum absolute atomic E-state index is 0.0613. The predicted molar refractivity (Wildman–Crippen MR) is 123 cm³/mol. The van der Waals surface area contributed by atoms with Gasteiger partial charge in [0.2, 0.25) is 11.8 Å². The molecule has 4 rings (SSSR count). The van der Waals surface area contributed by atoms with Crippen LogP contribution in [0.3, 0.4) is 0 Å². The third-order valence-electron chi connectivity index (χ3n) is 6.55. The van der Waals surface area contributed by atoms with E-state index in [9.17, 15) is 28.0 Å². The number of carbonyl (C=O) groups is 2. The number of nitrogens with zero attached hydrogens (tertiary/aromatic N) is 4. The second-order valence-electron chi connectivity index (χ2n) is 8.92. The molecule has 0 bridgehead atoms. The molecule has 2 amide bonds. The maximum Gasteiger partial charge on any atom is 0.405 e. The summed E-state index contributed by atoms with van der Waals surface area (Å²) >= 11 is 0. The number of carbonyl (C=O) groups excluding carboxylic acids is 2. The summed E-state index contributed by atoms with van der Waals surface area (Å²) in [5, 5.41) is 11.2. The molecule has 0 radical (unpaired) electrons. The van der Waals surface area contributed by atoms with E-state index in [4.69, 9.17) is 0 Å². The summed E-state index contributed by atoms with van der Waals surface area (Å²) in [5.74, 6) is -1.14. The van der Waals surface area contributed by atoms with Crippen molar-refractivity contribution in [3.63, 3.8) is 0 Å². The number of nitriles is 1.